The second-order valence-electron chi connectivity index (χ2n) is 8.16. The van der Waals surface area contributed by atoms with Crippen LogP contribution in [0.5, 0.6) is 0 Å². The Morgan fingerprint density at radius 3 is 2.09 bits per heavy atom. The van der Waals surface area contributed by atoms with Gasteiger partial charge in [0, 0.05) is 44.2 Å². The second kappa shape index (κ2) is 10.3. The summed E-state index contributed by atoms with van der Waals surface area (Å²) in [6.45, 7) is 2.32. The predicted octanol–water partition coefficient (Wildman–Crippen LogP) is 4.59. The monoisotopic (exact) mass is 476 g/mol. The summed E-state index contributed by atoms with van der Waals surface area (Å²) < 4.78 is 79.8. The lowest BCUT2D eigenvalue weighted by atomic mass is 10.0. The van der Waals surface area contributed by atoms with Crippen molar-refractivity contribution in [1.82, 2.24) is 15.3 Å². The molecular formula is C22H26F6N4O. The molecule has 1 aliphatic rings. The SMILES string of the molecule is CCC1CC(N(Cc2cc(C(F)(F)F)cc(C(F)(F)F)c2)c2ncc(CCCO)cn2)CN1. The van der Waals surface area contributed by atoms with Crippen molar-refractivity contribution in [2.75, 3.05) is 18.1 Å². The van der Waals surface area contributed by atoms with Gasteiger partial charge in [0.25, 0.3) is 0 Å². The maximum Gasteiger partial charge on any atom is 0.416 e. The van der Waals surface area contributed by atoms with Gasteiger partial charge >= 0.3 is 12.4 Å². The number of rotatable bonds is 8. The summed E-state index contributed by atoms with van der Waals surface area (Å²) in [6.07, 6.45) is -4.09. The van der Waals surface area contributed by atoms with Gasteiger partial charge < -0.3 is 15.3 Å². The molecule has 0 saturated carbocycles. The standard InChI is InChI=1S/C22H26F6N4O/c1-2-18-9-19(12-29-18)32(20-30-10-14(11-31-20)4-3-5-33)13-15-6-16(21(23,24)25)8-17(7-15)22(26,27)28/h6-8,10-11,18-19,29,33H,2-5,9,12-13H2,1H3. The van der Waals surface area contributed by atoms with Crippen LogP contribution in [0.15, 0.2) is 30.6 Å². The minimum atomic E-state index is -4.91. The molecule has 1 aromatic carbocycles. The van der Waals surface area contributed by atoms with Gasteiger partial charge in [-0.15, -0.1) is 0 Å². The van der Waals surface area contributed by atoms with E-state index in [0.717, 1.165) is 24.1 Å². The molecule has 0 radical (unpaired) electrons. The molecule has 5 nitrogen and oxygen atoms in total. The van der Waals surface area contributed by atoms with Crippen molar-refractivity contribution >= 4 is 5.95 Å². The zero-order valence-electron chi connectivity index (χ0n) is 18.0. The molecule has 2 atom stereocenters. The number of hydrogen-bond donors (Lipinski definition) is 2. The highest BCUT2D eigenvalue weighted by Crippen LogP contribution is 2.37. The first kappa shape index (κ1) is 25.2. The molecule has 0 aliphatic carbocycles. The van der Waals surface area contributed by atoms with E-state index in [-0.39, 0.29) is 42.8 Å². The van der Waals surface area contributed by atoms with Crippen LogP contribution in [0.25, 0.3) is 0 Å². The van der Waals surface area contributed by atoms with Crippen molar-refractivity contribution in [2.45, 2.75) is 63.6 Å². The molecular weight excluding hydrogens is 450 g/mol. The Labute approximate surface area is 187 Å². The Morgan fingerprint density at radius 2 is 1.61 bits per heavy atom. The third kappa shape index (κ3) is 6.57. The summed E-state index contributed by atoms with van der Waals surface area (Å²) >= 11 is 0. The second-order valence-corrected chi connectivity index (χ2v) is 8.16. The van der Waals surface area contributed by atoms with Gasteiger partial charge in [-0.05, 0) is 55.0 Å². The number of hydrogen-bond acceptors (Lipinski definition) is 5. The summed E-state index contributed by atoms with van der Waals surface area (Å²) in [5.74, 6) is 0.234. The summed E-state index contributed by atoms with van der Waals surface area (Å²) in [5, 5.41) is 12.3. The Balaban J connectivity index is 1.96. The van der Waals surface area contributed by atoms with E-state index in [9.17, 15) is 26.3 Å². The van der Waals surface area contributed by atoms with Crippen LogP contribution in [0.2, 0.25) is 0 Å². The van der Waals surface area contributed by atoms with E-state index in [1.54, 1.807) is 17.3 Å². The van der Waals surface area contributed by atoms with Crippen LogP contribution in [0, 0.1) is 0 Å². The Kier molecular flexibility index (Phi) is 7.84. The van der Waals surface area contributed by atoms with Crippen LogP contribution in [-0.2, 0) is 25.3 Å². The van der Waals surface area contributed by atoms with E-state index in [0.29, 0.717) is 25.8 Å². The molecule has 1 saturated heterocycles. The van der Waals surface area contributed by atoms with E-state index in [4.69, 9.17) is 5.11 Å². The van der Waals surface area contributed by atoms with Gasteiger partial charge in [-0.25, -0.2) is 9.97 Å². The van der Waals surface area contributed by atoms with Crippen molar-refractivity contribution < 1.29 is 31.4 Å². The molecule has 2 aromatic rings. The first-order valence-corrected chi connectivity index (χ1v) is 10.7. The molecule has 1 fully saturated rings. The number of anilines is 1. The van der Waals surface area contributed by atoms with Crippen molar-refractivity contribution in [3.05, 3.63) is 52.8 Å². The highest BCUT2D eigenvalue weighted by atomic mass is 19.4. The van der Waals surface area contributed by atoms with Crippen molar-refractivity contribution in [3.8, 4) is 0 Å². The molecule has 3 rings (SSSR count). The number of aliphatic hydroxyl groups excluding tert-OH is 1. The number of nitrogens with one attached hydrogen (secondary N) is 1. The Hall–Kier alpha value is -2.40. The molecule has 2 heterocycles. The van der Waals surface area contributed by atoms with Crippen LogP contribution < -0.4 is 10.2 Å². The zero-order valence-corrected chi connectivity index (χ0v) is 18.0. The molecule has 11 heteroatoms. The van der Waals surface area contributed by atoms with Gasteiger partial charge in [0.05, 0.1) is 11.1 Å². The summed E-state index contributed by atoms with van der Waals surface area (Å²) in [7, 11) is 0. The first-order chi connectivity index (χ1) is 15.5. The smallest absolute Gasteiger partial charge is 0.396 e. The molecule has 33 heavy (non-hydrogen) atoms. The van der Waals surface area contributed by atoms with Crippen molar-refractivity contribution in [3.63, 3.8) is 0 Å². The summed E-state index contributed by atoms with van der Waals surface area (Å²) in [5.41, 5.74) is -2.03. The average molecular weight is 476 g/mol. The number of aryl methyl sites for hydroxylation is 1. The van der Waals surface area contributed by atoms with Crippen LogP contribution in [0.4, 0.5) is 32.3 Å². The van der Waals surface area contributed by atoms with E-state index >= 15 is 0 Å². The predicted molar refractivity (Wildman–Crippen MR) is 111 cm³/mol. The minimum Gasteiger partial charge on any atom is -0.396 e. The highest BCUT2D eigenvalue weighted by molar-refractivity contribution is 5.39. The lowest BCUT2D eigenvalue weighted by molar-refractivity contribution is -0.143. The lowest BCUT2D eigenvalue weighted by Crippen LogP contribution is -2.37. The third-order valence-corrected chi connectivity index (χ3v) is 5.70. The zero-order chi connectivity index (χ0) is 24.2. The number of aromatic nitrogens is 2. The van der Waals surface area contributed by atoms with Gasteiger partial charge in [-0.3, -0.25) is 0 Å². The van der Waals surface area contributed by atoms with E-state index in [2.05, 4.69) is 15.3 Å². The third-order valence-electron chi connectivity index (χ3n) is 5.70. The fraction of sp³-hybridized carbons (Fsp3) is 0.545. The molecule has 2 unspecified atom stereocenters. The van der Waals surface area contributed by atoms with Crippen LogP contribution >= 0.6 is 0 Å². The molecule has 1 aliphatic heterocycles. The van der Waals surface area contributed by atoms with Crippen molar-refractivity contribution in [2.24, 2.45) is 0 Å². The van der Waals surface area contributed by atoms with Gasteiger partial charge in [0.2, 0.25) is 5.95 Å². The van der Waals surface area contributed by atoms with E-state index in [1.807, 2.05) is 6.92 Å². The van der Waals surface area contributed by atoms with Crippen LogP contribution in [0.3, 0.4) is 0 Å². The number of alkyl halides is 6. The fourth-order valence-corrected chi connectivity index (χ4v) is 3.93. The minimum absolute atomic E-state index is 0.0110. The maximum absolute atomic E-state index is 13.3. The maximum atomic E-state index is 13.3. The molecule has 0 bridgehead atoms. The van der Waals surface area contributed by atoms with E-state index < -0.39 is 23.5 Å². The van der Waals surface area contributed by atoms with Gasteiger partial charge in [-0.1, -0.05) is 6.92 Å². The molecule has 1 aromatic heterocycles. The number of nitrogens with zero attached hydrogens (tertiary/aromatic N) is 3. The summed E-state index contributed by atoms with van der Waals surface area (Å²) in [4.78, 5) is 10.3. The lowest BCUT2D eigenvalue weighted by Gasteiger charge is -2.29. The average Bonchev–Trinajstić information content (AvgIpc) is 3.24. The largest absolute Gasteiger partial charge is 0.416 e. The van der Waals surface area contributed by atoms with Crippen molar-refractivity contribution in [1.29, 1.82) is 0 Å². The summed E-state index contributed by atoms with van der Waals surface area (Å²) in [6, 6.07) is 1.62. The van der Waals surface area contributed by atoms with Gasteiger partial charge in [-0.2, -0.15) is 26.3 Å². The molecule has 0 spiro atoms. The molecule has 2 N–H and O–H groups in total. The topological polar surface area (TPSA) is 61.3 Å². The number of halogens is 6. The highest BCUT2D eigenvalue weighted by Gasteiger charge is 2.37. The quantitative estimate of drug-likeness (QED) is 0.546. The molecule has 182 valence electrons. The van der Waals surface area contributed by atoms with Crippen LogP contribution in [-0.4, -0.2) is 40.3 Å². The van der Waals surface area contributed by atoms with Gasteiger partial charge in [0.15, 0.2) is 0 Å². The van der Waals surface area contributed by atoms with E-state index in [1.165, 1.54) is 0 Å². The Bertz CT molecular complexity index is 884. The number of benzene rings is 1. The molecule has 0 amide bonds. The first-order valence-electron chi connectivity index (χ1n) is 10.7. The van der Waals surface area contributed by atoms with Gasteiger partial charge in [0.1, 0.15) is 0 Å². The fourth-order valence-electron chi connectivity index (χ4n) is 3.93. The Morgan fingerprint density at radius 1 is 1.00 bits per heavy atom. The van der Waals surface area contributed by atoms with Crippen LogP contribution in [0.1, 0.15) is 48.4 Å². The number of aliphatic hydroxyl groups is 1. The normalized spacial score (nSPS) is 19.2.